The lowest BCUT2D eigenvalue weighted by molar-refractivity contribution is -0.144. The van der Waals surface area contributed by atoms with Crippen molar-refractivity contribution in [2.45, 2.75) is 25.9 Å². The van der Waals surface area contributed by atoms with Crippen LogP contribution in [0.5, 0.6) is 0 Å². The van der Waals surface area contributed by atoms with Gasteiger partial charge in [-0.2, -0.15) is 0 Å². The van der Waals surface area contributed by atoms with Crippen LogP contribution < -0.4 is 5.32 Å². The molecule has 0 amide bonds. The number of esters is 1. The predicted molar refractivity (Wildman–Crippen MR) is 61.3 cm³/mol. The molecule has 0 aromatic rings. The molecular formula is C11H22N2O3. The number of rotatable bonds is 5. The van der Waals surface area contributed by atoms with Gasteiger partial charge in [0.25, 0.3) is 0 Å². The molecule has 5 nitrogen and oxygen atoms in total. The van der Waals surface area contributed by atoms with Crippen LogP contribution in [0.3, 0.4) is 0 Å². The lowest BCUT2D eigenvalue weighted by atomic mass is 10.2. The number of nitrogens with one attached hydrogen (secondary N) is 1. The van der Waals surface area contributed by atoms with Gasteiger partial charge < -0.3 is 14.8 Å². The minimum absolute atomic E-state index is 0.194. The van der Waals surface area contributed by atoms with Crippen LogP contribution in [0.25, 0.3) is 0 Å². The summed E-state index contributed by atoms with van der Waals surface area (Å²) in [4.78, 5) is 13.8. The lowest BCUT2D eigenvalue weighted by Crippen LogP contribution is -2.52. The first kappa shape index (κ1) is 13.4. The van der Waals surface area contributed by atoms with E-state index >= 15 is 0 Å². The molecule has 0 aliphatic carbocycles. The molecule has 1 aliphatic rings. The second-order valence-electron chi connectivity index (χ2n) is 4.05. The summed E-state index contributed by atoms with van der Waals surface area (Å²) in [5.74, 6) is -0.194. The highest BCUT2D eigenvalue weighted by Gasteiger charge is 2.26. The molecule has 0 bridgehead atoms. The Balaban J connectivity index is 2.49. The molecule has 1 heterocycles. The van der Waals surface area contributed by atoms with E-state index in [0.717, 1.165) is 26.3 Å². The SMILES string of the molecule is CCNC(CN1CCOCC1C)C(=O)OC. The first-order chi connectivity index (χ1) is 7.69. The zero-order valence-corrected chi connectivity index (χ0v) is 10.4. The summed E-state index contributed by atoms with van der Waals surface area (Å²) < 4.78 is 10.1. The van der Waals surface area contributed by atoms with E-state index in [2.05, 4.69) is 17.1 Å². The van der Waals surface area contributed by atoms with Crippen LogP contribution >= 0.6 is 0 Å². The van der Waals surface area contributed by atoms with E-state index in [1.165, 1.54) is 7.11 Å². The number of methoxy groups -OCH3 is 1. The molecule has 0 aromatic carbocycles. The summed E-state index contributed by atoms with van der Waals surface area (Å²) in [5, 5.41) is 3.14. The fourth-order valence-corrected chi connectivity index (χ4v) is 1.88. The minimum atomic E-state index is -0.240. The Morgan fingerprint density at radius 2 is 2.44 bits per heavy atom. The van der Waals surface area contributed by atoms with Crippen molar-refractivity contribution in [3.8, 4) is 0 Å². The molecule has 16 heavy (non-hydrogen) atoms. The molecule has 0 radical (unpaired) electrons. The Labute approximate surface area is 97.1 Å². The quantitative estimate of drug-likeness (QED) is 0.666. The van der Waals surface area contributed by atoms with Gasteiger partial charge in [0.1, 0.15) is 6.04 Å². The Kier molecular flexibility index (Phi) is 5.73. The molecule has 2 atom stereocenters. The molecule has 1 aliphatic heterocycles. The topological polar surface area (TPSA) is 50.8 Å². The van der Waals surface area contributed by atoms with Crippen LogP contribution in [0.1, 0.15) is 13.8 Å². The van der Waals surface area contributed by atoms with Gasteiger partial charge in [0, 0.05) is 19.1 Å². The van der Waals surface area contributed by atoms with E-state index in [4.69, 9.17) is 9.47 Å². The van der Waals surface area contributed by atoms with Crippen molar-refractivity contribution in [2.24, 2.45) is 0 Å². The Morgan fingerprint density at radius 3 is 3.00 bits per heavy atom. The van der Waals surface area contributed by atoms with Gasteiger partial charge in [-0.05, 0) is 13.5 Å². The second kappa shape index (κ2) is 6.83. The molecule has 0 spiro atoms. The smallest absolute Gasteiger partial charge is 0.324 e. The maximum Gasteiger partial charge on any atom is 0.324 e. The second-order valence-corrected chi connectivity index (χ2v) is 4.05. The van der Waals surface area contributed by atoms with Gasteiger partial charge in [0.2, 0.25) is 0 Å². The van der Waals surface area contributed by atoms with Crippen molar-refractivity contribution in [3.05, 3.63) is 0 Å². The maximum absolute atomic E-state index is 11.5. The van der Waals surface area contributed by atoms with E-state index in [-0.39, 0.29) is 12.0 Å². The molecule has 1 saturated heterocycles. The van der Waals surface area contributed by atoms with Crippen molar-refractivity contribution in [2.75, 3.05) is 40.0 Å². The van der Waals surface area contributed by atoms with Gasteiger partial charge >= 0.3 is 5.97 Å². The van der Waals surface area contributed by atoms with Crippen molar-refractivity contribution >= 4 is 5.97 Å². The molecule has 0 saturated carbocycles. The molecule has 1 fully saturated rings. The molecule has 94 valence electrons. The van der Waals surface area contributed by atoms with E-state index < -0.39 is 0 Å². The highest BCUT2D eigenvalue weighted by molar-refractivity contribution is 5.75. The van der Waals surface area contributed by atoms with Crippen LogP contribution in [0, 0.1) is 0 Å². The number of likely N-dealkylation sites (N-methyl/N-ethyl adjacent to an activating group) is 1. The zero-order chi connectivity index (χ0) is 12.0. The molecular weight excluding hydrogens is 208 g/mol. The summed E-state index contributed by atoms with van der Waals surface area (Å²) in [5.41, 5.74) is 0. The fourth-order valence-electron chi connectivity index (χ4n) is 1.88. The van der Waals surface area contributed by atoms with Crippen LogP contribution in [0.2, 0.25) is 0 Å². The average molecular weight is 230 g/mol. The van der Waals surface area contributed by atoms with Crippen molar-refractivity contribution in [3.63, 3.8) is 0 Å². The van der Waals surface area contributed by atoms with Crippen LogP contribution in [0.15, 0.2) is 0 Å². The number of morpholine rings is 1. The number of nitrogens with zero attached hydrogens (tertiary/aromatic N) is 1. The van der Waals surface area contributed by atoms with Crippen LogP contribution in [-0.4, -0.2) is 62.9 Å². The molecule has 5 heteroatoms. The Morgan fingerprint density at radius 1 is 1.69 bits per heavy atom. The van der Waals surface area contributed by atoms with Crippen LogP contribution in [0.4, 0.5) is 0 Å². The zero-order valence-electron chi connectivity index (χ0n) is 10.4. The van der Waals surface area contributed by atoms with Gasteiger partial charge in [0.15, 0.2) is 0 Å². The van der Waals surface area contributed by atoms with Crippen molar-refractivity contribution in [1.29, 1.82) is 0 Å². The minimum Gasteiger partial charge on any atom is -0.468 e. The molecule has 1 rings (SSSR count). The largest absolute Gasteiger partial charge is 0.468 e. The summed E-state index contributed by atoms with van der Waals surface area (Å²) in [6.07, 6.45) is 0. The van der Waals surface area contributed by atoms with Gasteiger partial charge in [0.05, 0.1) is 20.3 Å². The third-order valence-electron chi connectivity index (χ3n) is 2.86. The summed E-state index contributed by atoms with van der Waals surface area (Å²) in [7, 11) is 1.43. The highest BCUT2D eigenvalue weighted by Crippen LogP contribution is 2.07. The molecule has 2 unspecified atom stereocenters. The van der Waals surface area contributed by atoms with Crippen molar-refractivity contribution in [1.82, 2.24) is 10.2 Å². The highest BCUT2D eigenvalue weighted by atomic mass is 16.5. The van der Waals surface area contributed by atoms with E-state index in [0.29, 0.717) is 12.6 Å². The van der Waals surface area contributed by atoms with Gasteiger partial charge in [-0.25, -0.2) is 0 Å². The third-order valence-corrected chi connectivity index (χ3v) is 2.86. The lowest BCUT2D eigenvalue weighted by Gasteiger charge is -2.35. The standard InChI is InChI=1S/C11H22N2O3/c1-4-12-10(11(14)15-3)7-13-5-6-16-8-9(13)2/h9-10,12H,4-8H2,1-3H3. The number of carbonyl (C=O) groups is 1. The Bertz CT molecular complexity index is 223. The predicted octanol–water partition coefficient (Wildman–Crippen LogP) is -0.142. The number of hydrogen-bond donors (Lipinski definition) is 1. The van der Waals surface area contributed by atoms with Crippen molar-refractivity contribution < 1.29 is 14.3 Å². The van der Waals surface area contributed by atoms with E-state index in [1.807, 2.05) is 6.92 Å². The summed E-state index contributed by atoms with van der Waals surface area (Å²) in [6.45, 7) is 7.89. The maximum atomic E-state index is 11.5. The van der Waals surface area contributed by atoms with E-state index in [1.54, 1.807) is 0 Å². The van der Waals surface area contributed by atoms with Crippen LogP contribution in [-0.2, 0) is 14.3 Å². The summed E-state index contributed by atoms with van der Waals surface area (Å²) in [6, 6.07) is 0.120. The number of hydrogen-bond acceptors (Lipinski definition) is 5. The number of carbonyl (C=O) groups excluding carboxylic acids is 1. The monoisotopic (exact) mass is 230 g/mol. The first-order valence-electron chi connectivity index (χ1n) is 5.82. The third kappa shape index (κ3) is 3.73. The average Bonchev–Trinajstić information content (AvgIpc) is 2.30. The van der Waals surface area contributed by atoms with Gasteiger partial charge in [-0.15, -0.1) is 0 Å². The van der Waals surface area contributed by atoms with E-state index in [9.17, 15) is 4.79 Å². The van der Waals surface area contributed by atoms with Gasteiger partial charge in [-0.3, -0.25) is 9.69 Å². The summed E-state index contributed by atoms with van der Waals surface area (Å²) >= 11 is 0. The fraction of sp³-hybridized carbons (Fsp3) is 0.909. The molecule has 0 aromatic heterocycles. The van der Waals surface area contributed by atoms with Gasteiger partial charge in [-0.1, -0.05) is 6.92 Å². The molecule has 1 N–H and O–H groups in total. The normalized spacial score (nSPS) is 24.1. The Hall–Kier alpha value is -0.650. The first-order valence-corrected chi connectivity index (χ1v) is 5.82. The number of ether oxygens (including phenoxy) is 2.